The fraction of sp³-hybridized carbons (Fsp3) is 0.0870. The van der Waals surface area contributed by atoms with E-state index in [4.69, 9.17) is 23.2 Å². The van der Waals surface area contributed by atoms with Crippen LogP contribution in [0.4, 0.5) is 5.69 Å². The minimum absolute atomic E-state index is 0.143. The molecule has 1 aromatic heterocycles. The number of rotatable bonds is 6. The van der Waals surface area contributed by atoms with Gasteiger partial charge in [-0.1, -0.05) is 64.8 Å². The molecular weight excluding hydrogens is 451 g/mol. The molecule has 3 aromatic carbocycles. The van der Waals surface area contributed by atoms with Crippen molar-refractivity contribution < 1.29 is 4.79 Å². The summed E-state index contributed by atoms with van der Waals surface area (Å²) in [7, 11) is 0. The fourth-order valence-electron chi connectivity index (χ4n) is 2.96. The first-order chi connectivity index (χ1) is 15.0. The smallest absolute Gasteiger partial charge is 0.234 e. The van der Waals surface area contributed by atoms with Crippen LogP contribution in [0.2, 0.25) is 10.0 Å². The lowest BCUT2D eigenvalue weighted by Crippen LogP contribution is -2.14. The summed E-state index contributed by atoms with van der Waals surface area (Å²) >= 11 is 13.4. The highest BCUT2D eigenvalue weighted by Gasteiger charge is 2.17. The van der Waals surface area contributed by atoms with Gasteiger partial charge >= 0.3 is 0 Å². The quantitative estimate of drug-likeness (QED) is 0.338. The highest BCUT2D eigenvalue weighted by atomic mass is 35.5. The molecule has 0 aliphatic rings. The first kappa shape index (κ1) is 21.4. The molecule has 1 heterocycles. The van der Waals surface area contributed by atoms with E-state index >= 15 is 0 Å². The summed E-state index contributed by atoms with van der Waals surface area (Å²) in [5.41, 5.74) is 3.59. The number of hydrogen-bond acceptors (Lipinski definition) is 4. The first-order valence-corrected chi connectivity index (χ1v) is 11.2. The second-order valence-electron chi connectivity index (χ2n) is 6.83. The largest absolute Gasteiger partial charge is 0.325 e. The molecule has 0 spiro atoms. The van der Waals surface area contributed by atoms with Crippen molar-refractivity contribution in [2.24, 2.45) is 0 Å². The van der Waals surface area contributed by atoms with Crippen LogP contribution in [-0.2, 0) is 4.79 Å². The lowest BCUT2D eigenvalue weighted by atomic mass is 10.2. The minimum Gasteiger partial charge on any atom is -0.325 e. The lowest BCUT2D eigenvalue weighted by molar-refractivity contribution is -0.113. The van der Waals surface area contributed by atoms with Crippen molar-refractivity contribution in [1.29, 1.82) is 0 Å². The van der Waals surface area contributed by atoms with E-state index < -0.39 is 0 Å². The van der Waals surface area contributed by atoms with Gasteiger partial charge in [0.25, 0.3) is 0 Å². The first-order valence-electron chi connectivity index (χ1n) is 9.46. The normalized spacial score (nSPS) is 10.8. The zero-order valence-corrected chi connectivity index (χ0v) is 18.9. The number of nitrogens with one attached hydrogen (secondary N) is 1. The van der Waals surface area contributed by atoms with Gasteiger partial charge in [-0.05, 0) is 55.5 Å². The predicted octanol–water partition coefficient (Wildman–Crippen LogP) is 6.28. The average Bonchev–Trinajstić information content (AvgIpc) is 3.18. The molecule has 0 saturated heterocycles. The van der Waals surface area contributed by atoms with Crippen LogP contribution in [0, 0.1) is 6.92 Å². The molecule has 156 valence electrons. The zero-order chi connectivity index (χ0) is 21.8. The molecular formula is C23H18Cl2N4OS. The monoisotopic (exact) mass is 468 g/mol. The van der Waals surface area contributed by atoms with Crippen LogP contribution in [0.3, 0.4) is 0 Å². The van der Waals surface area contributed by atoms with E-state index in [-0.39, 0.29) is 11.7 Å². The summed E-state index contributed by atoms with van der Waals surface area (Å²) in [4.78, 5) is 12.4. The Hall–Kier alpha value is -2.80. The van der Waals surface area contributed by atoms with Gasteiger partial charge in [0.1, 0.15) is 0 Å². The number of aromatic nitrogens is 3. The number of thioether (sulfide) groups is 1. The third kappa shape index (κ3) is 5.28. The molecule has 31 heavy (non-hydrogen) atoms. The molecule has 0 radical (unpaired) electrons. The number of benzene rings is 3. The Morgan fingerprint density at radius 1 is 0.968 bits per heavy atom. The Morgan fingerprint density at radius 3 is 2.42 bits per heavy atom. The standard InChI is InChI=1S/C23H18Cl2N4OS/c1-15-5-11-20(12-6-15)29-22(16-3-2-4-18(25)13-16)27-28-23(29)31-14-21(30)26-19-9-7-17(24)8-10-19/h2-13H,14H2,1H3,(H,26,30). The van der Waals surface area contributed by atoms with Gasteiger partial charge in [0.05, 0.1) is 5.75 Å². The van der Waals surface area contributed by atoms with Crippen molar-refractivity contribution in [3.05, 3.63) is 88.4 Å². The number of nitrogens with zero attached hydrogens (tertiary/aromatic N) is 3. The van der Waals surface area contributed by atoms with Crippen molar-refractivity contribution in [1.82, 2.24) is 14.8 Å². The molecule has 1 amide bonds. The molecule has 0 bridgehead atoms. The third-order valence-corrected chi connectivity index (χ3v) is 5.88. The van der Waals surface area contributed by atoms with E-state index in [0.717, 1.165) is 16.8 Å². The molecule has 0 aliphatic carbocycles. The summed E-state index contributed by atoms with van der Waals surface area (Å²) in [6, 6.07) is 22.5. The van der Waals surface area contributed by atoms with Crippen LogP contribution in [0.15, 0.2) is 78.0 Å². The van der Waals surface area contributed by atoms with Crippen LogP contribution >= 0.6 is 35.0 Å². The van der Waals surface area contributed by atoms with Gasteiger partial charge in [0.2, 0.25) is 5.91 Å². The van der Waals surface area contributed by atoms with Gasteiger partial charge in [-0.15, -0.1) is 10.2 Å². The summed E-state index contributed by atoms with van der Waals surface area (Å²) in [6.45, 7) is 2.03. The highest BCUT2D eigenvalue weighted by Crippen LogP contribution is 2.29. The van der Waals surface area contributed by atoms with Crippen LogP contribution in [0.25, 0.3) is 17.1 Å². The van der Waals surface area contributed by atoms with Gasteiger partial charge in [0, 0.05) is 27.0 Å². The summed E-state index contributed by atoms with van der Waals surface area (Å²) in [5, 5.41) is 13.4. The van der Waals surface area contributed by atoms with Crippen molar-refractivity contribution in [2.75, 3.05) is 11.1 Å². The third-order valence-electron chi connectivity index (χ3n) is 4.47. The van der Waals surface area contributed by atoms with Gasteiger partial charge < -0.3 is 5.32 Å². The molecule has 4 aromatic rings. The number of aryl methyl sites for hydroxylation is 1. The maximum Gasteiger partial charge on any atom is 0.234 e. The van der Waals surface area contributed by atoms with Crippen molar-refractivity contribution in [3.8, 4) is 17.1 Å². The zero-order valence-electron chi connectivity index (χ0n) is 16.5. The maximum absolute atomic E-state index is 12.4. The van der Waals surface area contributed by atoms with E-state index in [1.807, 2.05) is 60.0 Å². The Labute approximate surface area is 194 Å². The van der Waals surface area contributed by atoms with Crippen molar-refractivity contribution in [2.45, 2.75) is 12.1 Å². The van der Waals surface area contributed by atoms with Gasteiger partial charge in [0.15, 0.2) is 11.0 Å². The van der Waals surface area contributed by atoms with Crippen LogP contribution in [-0.4, -0.2) is 26.4 Å². The van der Waals surface area contributed by atoms with E-state index in [9.17, 15) is 4.79 Å². The SMILES string of the molecule is Cc1ccc(-n2c(SCC(=O)Nc3ccc(Cl)cc3)nnc2-c2cccc(Cl)c2)cc1. The van der Waals surface area contributed by atoms with Gasteiger partial charge in [-0.3, -0.25) is 9.36 Å². The van der Waals surface area contributed by atoms with Crippen LogP contribution < -0.4 is 5.32 Å². The minimum atomic E-state index is -0.143. The lowest BCUT2D eigenvalue weighted by Gasteiger charge is -2.11. The molecule has 8 heteroatoms. The Balaban J connectivity index is 1.60. The Morgan fingerprint density at radius 2 is 1.71 bits per heavy atom. The molecule has 0 fully saturated rings. The number of carbonyl (C=O) groups excluding carboxylic acids is 1. The molecule has 0 aliphatic heterocycles. The highest BCUT2D eigenvalue weighted by molar-refractivity contribution is 7.99. The fourth-order valence-corrected chi connectivity index (χ4v) is 4.03. The van der Waals surface area contributed by atoms with Crippen molar-refractivity contribution in [3.63, 3.8) is 0 Å². The summed E-state index contributed by atoms with van der Waals surface area (Å²) in [5.74, 6) is 0.698. The number of amides is 1. The van der Waals surface area contributed by atoms with E-state index in [0.29, 0.717) is 26.7 Å². The number of hydrogen-bond donors (Lipinski definition) is 1. The van der Waals surface area contributed by atoms with Gasteiger partial charge in [-0.2, -0.15) is 0 Å². The summed E-state index contributed by atoms with van der Waals surface area (Å²) in [6.07, 6.45) is 0. The second-order valence-corrected chi connectivity index (χ2v) is 8.65. The van der Waals surface area contributed by atoms with E-state index in [1.54, 1.807) is 24.3 Å². The number of anilines is 1. The summed E-state index contributed by atoms with van der Waals surface area (Å²) < 4.78 is 1.94. The van der Waals surface area contributed by atoms with Crippen LogP contribution in [0.1, 0.15) is 5.56 Å². The molecule has 5 nitrogen and oxygen atoms in total. The molecule has 4 rings (SSSR count). The van der Waals surface area contributed by atoms with Gasteiger partial charge in [-0.25, -0.2) is 0 Å². The number of halogens is 2. The molecule has 1 N–H and O–H groups in total. The Bertz CT molecular complexity index is 1210. The predicted molar refractivity (Wildman–Crippen MR) is 127 cm³/mol. The average molecular weight is 469 g/mol. The van der Waals surface area contributed by atoms with Crippen LogP contribution in [0.5, 0.6) is 0 Å². The molecule has 0 atom stereocenters. The van der Waals surface area contributed by atoms with Crippen molar-refractivity contribution >= 4 is 46.6 Å². The maximum atomic E-state index is 12.4. The molecule has 0 saturated carbocycles. The van der Waals surface area contributed by atoms with E-state index in [1.165, 1.54) is 11.8 Å². The topological polar surface area (TPSA) is 59.8 Å². The Kier molecular flexibility index (Phi) is 6.61. The molecule has 0 unspecified atom stereocenters. The number of carbonyl (C=O) groups is 1. The van der Waals surface area contributed by atoms with E-state index in [2.05, 4.69) is 15.5 Å². The second kappa shape index (κ2) is 9.56.